The van der Waals surface area contributed by atoms with Gasteiger partial charge in [0.15, 0.2) is 5.60 Å². The Morgan fingerprint density at radius 1 is 0.854 bits per heavy atom. The van der Waals surface area contributed by atoms with Crippen LogP contribution in [0.5, 0.6) is 5.75 Å². The molecule has 4 aromatic rings. The fraction of sp³-hybridized carbons (Fsp3) is 0.357. The molecule has 0 bridgehead atoms. The molecule has 0 radical (unpaired) electrons. The molecule has 0 spiro atoms. The van der Waals surface area contributed by atoms with E-state index in [2.05, 4.69) is 73.3 Å². The van der Waals surface area contributed by atoms with Crippen molar-refractivity contribution in [2.24, 2.45) is 0 Å². The third-order valence-corrected chi connectivity index (χ3v) is 9.30. The maximum absolute atomic E-state index is 11.5. The third kappa shape index (κ3) is 9.21. The van der Waals surface area contributed by atoms with Gasteiger partial charge in [-0.3, -0.25) is 0 Å². The zero-order chi connectivity index (χ0) is 33.8. The summed E-state index contributed by atoms with van der Waals surface area (Å²) in [7, 11) is 0. The van der Waals surface area contributed by atoms with Gasteiger partial charge in [0.25, 0.3) is 0 Å². The Labute approximate surface area is 297 Å². The Morgan fingerprint density at radius 2 is 1.52 bits per heavy atom. The number of benzene rings is 4. The number of Topliss-reactive ketones (excluding diaryl/α,β-unsaturated/α-hetero) is 1. The average molecular weight is 816 g/mol. The second kappa shape index (κ2) is 17.9. The van der Waals surface area contributed by atoms with E-state index in [0.29, 0.717) is 12.8 Å². The van der Waals surface area contributed by atoms with Gasteiger partial charge < -0.3 is 21.2 Å². The van der Waals surface area contributed by atoms with Crippen LogP contribution in [-0.4, -0.2) is 23.1 Å². The molecule has 6 heteroatoms. The zero-order valence-electron chi connectivity index (χ0n) is 28.0. The summed E-state index contributed by atoms with van der Waals surface area (Å²) in [5.74, 6) is 0.684. The molecule has 5 nitrogen and oxygen atoms in total. The molecule has 0 N–H and O–H groups in total. The molecule has 0 saturated heterocycles. The Hall–Kier alpha value is -3.34. The summed E-state index contributed by atoms with van der Waals surface area (Å²) in [6.07, 6.45) is 8.27. The van der Waals surface area contributed by atoms with Crippen molar-refractivity contribution >= 4 is 10.7 Å². The van der Waals surface area contributed by atoms with Gasteiger partial charge in [0.2, 0.25) is 6.29 Å². The average Bonchev–Trinajstić information content (AvgIpc) is 3.12. The number of hydrogen-bond acceptors (Lipinski definition) is 5. The summed E-state index contributed by atoms with van der Waals surface area (Å²) in [5, 5.41) is 0. The molecule has 0 aromatic heterocycles. The number of carbonyl (C=O) groups excluding carboxylic acids is 1. The van der Waals surface area contributed by atoms with Gasteiger partial charge in [-0.2, -0.15) is 0 Å². The Balaban J connectivity index is 0.00000221. The fourth-order valence-electron chi connectivity index (χ4n) is 6.90. The first-order chi connectivity index (χ1) is 23.5. The van der Waals surface area contributed by atoms with Crippen LogP contribution >= 0.6 is 0 Å². The minimum absolute atomic E-state index is 0.0376. The number of ether oxygens (including phenoxy) is 2. The number of carbonyl (C=O) groups is 1. The van der Waals surface area contributed by atoms with Gasteiger partial charge in [-0.15, -0.1) is 0 Å². The van der Waals surface area contributed by atoms with E-state index in [4.69, 9.17) is 19.2 Å². The SMILES string of the molecule is [CH2-]C(=O)Cc1ccc(COO[C@](CCC)(c2ccccc2)C(Oc2ccc3c(c2)CCCC3)OC2CCc3ccccc3C2)cc1.[CH2]=[W]. The number of ketones is 1. The summed E-state index contributed by atoms with van der Waals surface area (Å²) < 4.78 is 14.0. The molecule has 48 heavy (non-hydrogen) atoms. The molecule has 0 amide bonds. The summed E-state index contributed by atoms with van der Waals surface area (Å²) >= 11 is 1.33. The van der Waals surface area contributed by atoms with Crippen molar-refractivity contribution in [3.63, 3.8) is 0 Å². The monoisotopic (exact) mass is 815 g/mol. The minimum atomic E-state index is -1.04. The molecule has 2 aliphatic carbocycles. The second-order valence-electron chi connectivity index (χ2n) is 12.7. The first kappa shape index (κ1) is 36.0. The molecule has 0 aliphatic heterocycles. The van der Waals surface area contributed by atoms with E-state index in [1.54, 1.807) is 0 Å². The summed E-state index contributed by atoms with van der Waals surface area (Å²) in [6, 6.07) is 33.1. The topological polar surface area (TPSA) is 54.0 Å². The number of hydrogen-bond donors (Lipinski definition) is 0. The molecule has 4 aromatic carbocycles. The van der Waals surface area contributed by atoms with E-state index >= 15 is 0 Å². The number of aryl methyl sites for hydroxylation is 3. The Morgan fingerprint density at radius 3 is 2.25 bits per heavy atom. The molecule has 252 valence electrons. The standard InChI is InChI=1S/C41H45O5.CH2.W/c1-3-25-41(37-15-5-4-6-16-37,46-43-29-32-19-17-31(18-20-32)26-30(2)42)40(44-38-23-21-33-11-7-9-13-35(33)27-38)45-39-24-22-34-12-8-10-14-36(34)28-39;;/h4-7,9,11,13,15-20,22,24,28,38,40H,2-3,8,10,12,14,21,23,25-27,29H2,1H3;1H2;/q-1;;/t38?,40?,41-;;/m1../s1. The van der Waals surface area contributed by atoms with Crippen LogP contribution in [0.4, 0.5) is 0 Å². The van der Waals surface area contributed by atoms with Gasteiger partial charge in [-0.05, 0) is 102 Å². The maximum atomic E-state index is 11.5. The van der Waals surface area contributed by atoms with E-state index in [1.165, 1.54) is 54.4 Å². The summed E-state index contributed by atoms with van der Waals surface area (Å²) in [4.78, 5) is 27.5. The van der Waals surface area contributed by atoms with Crippen molar-refractivity contribution in [1.82, 2.24) is 0 Å². The normalized spacial score (nSPS) is 17.1. The van der Waals surface area contributed by atoms with Crippen LogP contribution in [0.25, 0.3) is 0 Å². The van der Waals surface area contributed by atoms with Crippen LogP contribution in [-0.2, 0) is 83.0 Å². The van der Waals surface area contributed by atoms with Crippen molar-refractivity contribution in [2.75, 3.05) is 0 Å². The molecule has 3 atom stereocenters. The molecule has 0 fully saturated rings. The van der Waals surface area contributed by atoms with E-state index in [-0.39, 0.29) is 18.5 Å². The molecule has 0 saturated carbocycles. The van der Waals surface area contributed by atoms with Crippen LogP contribution in [0.2, 0.25) is 0 Å². The van der Waals surface area contributed by atoms with Gasteiger partial charge >= 0.3 is 24.3 Å². The Bertz CT molecular complexity index is 1600. The van der Waals surface area contributed by atoms with Gasteiger partial charge in [0, 0.05) is 12.2 Å². The van der Waals surface area contributed by atoms with Crippen molar-refractivity contribution in [3.8, 4) is 5.75 Å². The predicted molar refractivity (Wildman–Crippen MR) is 187 cm³/mol. The fourth-order valence-corrected chi connectivity index (χ4v) is 6.90. The Kier molecular flexibility index (Phi) is 13.4. The number of fused-ring (bicyclic) bond motifs is 2. The molecular formula is C42H47O5W-. The molecule has 6 rings (SSSR count). The van der Waals surface area contributed by atoms with Crippen LogP contribution in [0, 0.1) is 6.92 Å². The summed E-state index contributed by atoms with van der Waals surface area (Å²) in [5.41, 5.74) is 7.26. The van der Waals surface area contributed by atoms with Gasteiger partial charge in [-0.1, -0.05) is 98.3 Å². The zero-order valence-corrected chi connectivity index (χ0v) is 31.0. The van der Waals surface area contributed by atoms with Crippen LogP contribution in [0.3, 0.4) is 0 Å². The van der Waals surface area contributed by atoms with Gasteiger partial charge in [-0.25, -0.2) is 9.78 Å². The van der Waals surface area contributed by atoms with Crippen LogP contribution < -0.4 is 4.74 Å². The van der Waals surface area contributed by atoms with E-state index in [9.17, 15) is 4.79 Å². The third-order valence-electron chi connectivity index (χ3n) is 9.30. The number of rotatable bonds is 14. The summed E-state index contributed by atoms with van der Waals surface area (Å²) in [6.45, 7) is 5.88. The van der Waals surface area contributed by atoms with Gasteiger partial charge in [0.05, 0.1) is 6.10 Å². The predicted octanol–water partition coefficient (Wildman–Crippen LogP) is 8.60. The van der Waals surface area contributed by atoms with Crippen LogP contribution in [0.1, 0.15) is 78.0 Å². The first-order valence-electron chi connectivity index (χ1n) is 17.1. The van der Waals surface area contributed by atoms with E-state index < -0.39 is 11.9 Å². The van der Waals surface area contributed by atoms with Crippen molar-refractivity contribution < 1.29 is 43.4 Å². The molecular weight excluding hydrogens is 768 g/mol. The molecule has 0 heterocycles. The van der Waals surface area contributed by atoms with Gasteiger partial charge in [0.1, 0.15) is 12.4 Å². The van der Waals surface area contributed by atoms with Crippen molar-refractivity contribution in [1.29, 1.82) is 0 Å². The van der Waals surface area contributed by atoms with Crippen LogP contribution in [0.15, 0.2) is 97.1 Å². The molecule has 2 aliphatic rings. The quantitative estimate of drug-likeness (QED) is 0.0553. The van der Waals surface area contributed by atoms with E-state index in [1.807, 2.05) is 42.5 Å². The van der Waals surface area contributed by atoms with E-state index in [0.717, 1.165) is 61.0 Å². The van der Waals surface area contributed by atoms with Crippen molar-refractivity contribution in [2.45, 2.75) is 95.7 Å². The van der Waals surface area contributed by atoms with Crippen molar-refractivity contribution in [3.05, 3.63) is 143 Å². The second-order valence-corrected chi connectivity index (χ2v) is 12.7. The molecule has 2 unspecified atom stereocenters. The first-order valence-corrected chi connectivity index (χ1v) is 19.2.